The second-order valence-corrected chi connectivity index (χ2v) is 2.53. The minimum Gasteiger partial charge on any atom is -0.504 e. The zero-order chi connectivity index (χ0) is 8.55. The normalized spacial score (nSPS) is 10.3. The van der Waals surface area contributed by atoms with E-state index in [1.807, 2.05) is 0 Å². The molecule has 0 spiro atoms. The fourth-order valence-corrected chi connectivity index (χ4v) is 1.14. The Balaban J connectivity index is 2.91. The van der Waals surface area contributed by atoms with Crippen molar-refractivity contribution in [2.75, 3.05) is 0 Å². The third-order valence-electron chi connectivity index (χ3n) is 1.77. The summed E-state index contributed by atoms with van der Waals surface area (Å²) in [6.45, 7) is 0. The first-order chi connectivity index (χ1) is 5.79. The molecular formula is C9H7NO2. The van der Waals surface area contributed by atoms with Crippen LogP contribution in [0.4, 0.5) is 0 Å². The second kappa shape index (κ2) is 2.37. The predicted molar refractivity (Wildman–Crippen MR) is 45.1 cm³/mol. The molecule has 0 atom stereocenters. The molecule has 12 heavy (non-hydrogen) atoms. The molecule has 0 saturated carbocycles. The average Bonchev–Trinajstić information content (AvgIpc) is 2.12. The molecule has 1 aromatic heterocycles. The third kappa shape index (κ3) is 0.871. The first-order valence-electron chi connectivity index (χ1n) is 3.53. The Morgan fingerprint density at radius 2 is 1.92 bits per heavy atom. The van der Waals surface area contributed by atoms with E-state index in [2.05, 4.69) is 4.98 Å². The van der Waals surface area contributed by atoms with Gasteiger partial charge in [-0.1, -0.05) is 0 Å². The van der Waals surface area contributed by atoms with E-state index >= 15 is 0 Å². The van der Waals surface area contributed by atoms with E-state index in [-0.39, 0.29) is 11.5 Å². The van der Waals surface area contributed by atoms with Crippen LogP contribution in [0.15, 0.2) is 30.6 Å². The van der Waals surface area contributed by atoms with Gasteiger partial charge in [0.1, 0.15) is 0 Å². The molecule has 0 saturated heterocycles. The summed E-state index contributed by atoms with van der Waals surface area (Å²) in [7, 11) is 0. The molecule has 2 aromatic rings. The number of hydrogen-bond donors (Lipinski definition) is 2. The second-order valence-electron chi connectivity index (χ2n) is 2.53. The van der Waals surface area contributed by atoms with Gasteiger partial charge in [0.2, 0.25) is 0 Å². The summed E-state index contributed by atoms with van der Waals surface area (Å²) in [5.41, 5.74) is 0. The maximum absolute atomic E-state index is 9.38. The maximum atomic E-state index is 9.38. The number of hydrogen-bond acceptors (Lipinski definition) is 3. The quantitative estimate of drug-likeness (QED) is 0.577. The summed E-state index contributed by atoms with van der Waals surface area (Å²) in [5.74, 6) is -0.191. The van der Waals surface area contributed by atoms with Crippen LogP contribution in [0, 0.1) is 0 Å². The number of rotatable bonds is 0. The van der Waals surface area contributed by atoms with Crippen LogP contribution in [-0.2, 0) is 0 Å². The first-order valence-corrected chi connectivity index (χ1v) is 3.53. The van der Waals surface area contributed by atoms with Gasteiger partial charge in [0.05, 0.1) is 0 Å². The molecule has 60 valence electrons. The molecule has 0 bridgehead atoms. The number of nitrogens with zero attached hydrogens (tertiary/aromatic N) is 1. The van der Waals surface area contributed by atoms with Gasteiger partial charge >= 0.3 is 0 Å². The van der Waals surface area contributed by atoms with Gasteiger partial charge in [-0.2, -0.15) is 0 Å². The van der Waals surface area contributed by atoms with Crippen molar-refractivity contribution in [3.63, 3.8) is 0 Å². The van der Waals surface area contributed by atoms with Gasteiger partial charge in [0.25, 0.3) is 0 Å². The molecule has 2 rings (SSSR count). The van der Waals surface area contributed by atoms with Crippen LogP contribution in [0.1, 0.15) is 0 Å². The summed E-state index contributed by atoms with van der Waals surface area (Å²) in [6, 6.07) is 4.81. The predicted octanol–water partition coefficient (Wildman–Crippen LogP) is 1.65. The molecular weight excluding hydrogens is 154 g/mol. The first kappa shape index (κ1) is 6.91. The van der Waals surface area contributed by atoms with Gasteiger partial charge in [-0.05, 0) is 18.2 Å². The van der Waals surface area contributed by atoms with Gasteiger partial charge in [0.15, 0.2) is 11.5 Å². The number of aromatic nitrogens is 1. The number of pyridine rings is 1. The SMILES string of the molecule is Oc1ccc2cnccc2c1O. The molecule has 0 aliphatic heterocycles. The fourth-order valence-electron chi connectivity index (χ4n) is 1.14. The van der Waals surface area contributed by atoms with Crippen molar-refractivity contribution < 1.29 is 10.2 Å². The van der Waals surface area contributed by atoms with E-state index in [4.69, 9.17) is 5.11 Å². The Kier molecular flexibility index (Phi) is 1.37. The Hall–Kier alpha value is -1.77. The van der Waals surface area contributed by atoms with Crippen molar-refractivity contribution in [1.82, 2.24) is 4.98 Å². The van der Waals surface area contributed by atoms with Crippen LogP contribution in [0.2, 0.25) is 0 Å². The van der Waals surface area contributed by atoms with Crippen LogP contribution in [-0.4, -0.2) is 15.2 Å². The largest absolute Gasteiger partial charge is 0.504 e. The fraction of sp³-hybridized carbons (Fsp3) is 0. The third-order valence-corrected chi connectivity index (χ3v) is 1.77. The van der Waals surface area contributed by atoms with E-state index in [9.17, 15) is 5.11 Å². The minimum absolute atomic E-state index is 0.0881. The zero-order valence-corrected chi connectivity index (χ0v) is 6.23. The monoisotopic (exact) mass is 161 g/mol. The Bertz CT molecular complexity index is 426. The van der Waals surface area contributed by atoms with Crippen molar-refractivity contribution in [3.8, 4) is 11.5 Å². The highest BCUT2D eigenvalue weighted by Gasteiger charge is 2.03. The molecule has 3 heteroatoms. The average molecular weight is 161 g/mol. The van der Waals surface area contributed by atoms with Crippen LogP contribution in [0.25, 0.3) is 10.8 Å². The molecule has 1 heterocycles. The molecule has 0 amide bonds. The van der Waals surface area contributed by atoms with Gasteiger partial charge in [-0.3, -0.25) is 4.98 Å². The van der Waals surface area contributed by atoms with Crippen LogP contribution >= 0.6 is 0 Å². The van der Waals surface area contributed by atoms with Crippen molar-refractivity contribution in [1.29, 1.82) is 0 Å². The summed E-state index contributed by atoms with van der Waals surface area (Å²) in [5, 5.41) is 20.0. The Morgan fingerprint density at radius 3 is 2.75 bits per heavy atom. The van der Waals surface area contributed by atoms with E-state index in [0.717, 1.165) is 5.39 Å². The minimum atomic E-state index is -0.103. The lowest BCUT2D eigenvalue weighted by Gasteiger charge is -2.00. The van der Waals surface area contributed by atoms with Crippen molar-refractivity contribution >= 4 is 10.8 Å². The number of aromatic hydroxyl groups is 2. The molecule has 0 aliphatic carbocycles. The van der Waals surface area contributed by atoms with Crippen molar-refractivity contribution in [2.45, 2.75) is 0 Å². The van der Waals surface area contributed by atoms with E-state index in [1.165, 1.54) is 6.07 Å². The lowest BCUT2D eigenvalue weighted by atomic mass is 10.1. The molecule has 2 N–H and O–H groups in total. The summed E-state index contributed by atoms with van der Waals surface area (Å²) in [6.07, 6.45) is 3.20. The Labute approximate surface area is 68.9 Å². The molecule has 3 nitrogen and oxygen atoms in total. The lowest BCUT2D eigenvalue weighted by molar-refractivity contribution is 0.408. The van der Waals surface area contributed by atoms with Crippen LogP contribution < -0.4 is 0 Å². The summed E-state index contributed by atoms with van der Waals surface area (Å²) >= 11 is 0. The highest BCUT2D eigenvalue weighted by molar-refractivity contribution is 5.89. The van der Waals surface area contributed by atoms with Crippen LogP contribution in [0.5, 0.6) is 11.5 Å². The summed E-state index contributed by atoms with van der Waals surface area (Å²) in [4.78, 5) is 3.89. The van der Waals surface area contributed by atoms with Gasteiger partial charge < -0.3 is 10.2 Å². The number of phenolic OH excluding ortho intramolecular Hbond substituents is 2. The van der Waals surface area contributed by atoms with Gasteiger partial charge in [-0.15, -0.1) is 0 Å². The standard InChI is InChI=1S/C9H7NO2/c11-8-2-1-6-5-10-4-3-7(6)9(8)12/h1-5,11-12H. The van der Waals surface area contributed by atoms with Crippen LogP contribution in [0.3, 0.4) is 0 Å². The van der Waals surface area contributed by atoms with E-state index in [0.29, 0.717) is 5.39 Å². The van der Waals surface area contributed by atoms with Gasteiger partial charge in [-0.25, -0.2) is 0 Å². The highest BCUT2D eigenvalue weighted by atomic mass is 16.3. The van der Waals surface area contributed by atoms with Crippen molar-refractivity contribution in [3.05, 3.63) is 30.6 Å². The zero-order valence-electron chi connectivity index (χ0n) is 6.23. The topological polar surface area (TPSA) is 53.4 Å². The smallest absolute Gasteiger partial charge is 0.165 e. The molecule has 0 aliphatic rings. The highest BCUT2D eigenvalue weighted by Crippen LogP contribution is 2.32. The Morgan fingerprint density at radius 1 is 1.08 bits per heavy atom. The number of benzene rings is 1. The molecule has 0 fully saturated rings. The van der Waals surface area contributed by atoms with Gasteiger partial charge in [0, 0.05) is 23.2 Å². The van der Waals surface area contributed by atoms with Crippen molar-refractivity contribution in [2.24, 2.45) is 0 Å². The maximum Gasteiger partial charge on any atom is 0.165 e. The van der Waals surface area contributed by atoms with E-state index < -0.39 is 0 Å². The summed E-state index contributed by atoms with van der Waals surface area (Å²) < 4.78 is 0. The number of fused-ring (bicyclic) bond motifs is 1. The molecule has 0 radical (unpaired) electrons. The number of phenols is 2. The molecule has 1 aromatic carbocycles. The lowest BCUT2D eigenvalue weighted by Crippen LogP contribution is -1.76. The van der Waals surface area contributed by atoms with E-state index in [1.54, 1.807) is 24.5 Å². The molecule has 0 unspecified atom stereocenters.